The molecular formula is C12H18N2O2S4. The van der Waals surface area contributed by atoms with Crippen molar-refractivity contribution in [3.05, 3.63) is 17.0 Å². The highest BCUT2D eigenvalue weighted by Crippen LogP contribution is 2.28. The smallest absolute Gasteiger partial charge is 0.250 e. The molecule has 112 valence electrons. The highest BCUT2D eigenvalue weighted by Gasteiger charge is 2.26. The topological polar surface area (TPSA) is 72.2 Å². The van der Waals surface area contributed by atoms with Gasteiger partial charge in [-0.15, -0.1) is 11.3 Å². The molecule has 0 radical (unpaired) electrons. The first-order chi connectivity index (χ1) is 9.42. The molecule has 1 aliphatic rings. The Morgan fingerprint density at radius 3 is 2.55 bits per heavy atom. The summed E-state index contributed by atoms with van der Waals surface area (Å²) in [7, 11) is -3.45. The van der Waals surface area contributed by atoms with Gasteiger partial charge in [0, 0.05) is 11.3 Å². The summed E-state index contributed by atoms with van der Waals surface area (Å²) in [6, 6.07) is 3.26. The van der Waals surface area contributed by atoms with Crippen molar-refractivity contribution in [2.45, 2.75) is 41.2 Å². The van der Waals surface area contributed by atoms with Crippen molar-refractivity contribution in [2.24, 2.45) is 5.73 Å². The predicted octanol–water partition coefficient (Wildman–Crippen LogP) is 2.33. The highest BCUT2D eigenvalue weighted by atomic mass is 32.2. The lowest BCUT2D eigenvalue weighted by Gasteiger charge is -2.27. The van der Waals surface area contributed by atoms with E-state index < -0.39 is 10.0 Å². The molecule has 1 aliphatic carbocycles. The summed E-state index contributed by atoms with van der Waals surface area (Å²) in [6.07, 6.45) is 6.04. The number of sulfonamides is 1. The molecule has 1 aromatic heterocycles. The summed E-state index contributed by atoms with van der Waals surface area (Å²) in [5.74, 6) is 0. The predicted molar refractivity (Wildman–Crippen MR) is 90.1 cm³/mol. The number of thiophene rings is 1. The van der Waals surface area contributed by atoms with Gasteiger partial charge in [-0.2, -0.15) is 11.8 Å². The monoisotopic (exact) mass is 350 g/mol. The number of thioether (sulfide) groups is 1. The molecule has 3 N–H and O–H groups in total. The lowest BCUT2D eigenvalue weighted by Crippen LogP contribution is -2.37. The minimum absolute atomic E-state index is 0.0405. The molecule has 1 heterocycles. The molecule has 2 rings (SSSR count). The normalized spacial score (nSPS) is 23.6. The fourth-order valence-corrected chi connectivity index (χ4v) is 5.71. The van der Waals surface area contributed by atoms with Gasteiger partial charge >= 0.3 is 0 Å². The zero-order valence-electron chi connectivity index (χ0n) is 11.2. The van der Waals surface area contributed by atoms with E-state index in [1.165, 1.54) is 0 Å². The number of nitrogens with one attached hydrogen (secondary N) is 1. The zero-order chi connectivity index (χ0) is 14.8. The van der Waals surface area contributed by atoms with Gasteiger partial charge in [0.25, 0.3) is 0 Å². The van der Waals surface area contributed by atoms with E-state index in [0.29, 0.717) is 10.1 Å². The van der Waals surface area contributed by atoms with Gasteiger partial charge < -0.3 is 5.73 Å². The van der Waals surface area contributed by atoms with Gasteiger partial charge in [0.05, 0.1) is 4.88 Å². The first-order valence-corrected chi connectivity index (χ1v) is 10.4. The summed E-state index contributed by atoms with van der Waals surface area (Å²) in [5.41, 5.74) is 5.51. The Bertz CT molecular complexity index is 574. The summed E-state index contributed by atoms with van der Waals surface area (Å²) < 4.78 is 27.7. The minimum Gasteiger partial charge on any atom is -0.389 e. The van der Waals surface area contributed by atoms with Crippen LogP contribution in [-0.4, -0.2) is 31.0 Å². The third-order valence-electron chi connectivity index (χ3n) is 3.42. The number of hydrogen-bond acceptors (Lipinski definition) is 5. The summed E-state index contributed by atoms with van der Waals surface area (Å²) in [6.45, 7) is 0. The van der Waals surface area contributed by atoms with E-state index in [1.807, 2.05) is 11.8 Å². The number of thiocarbonyl (C=S) groups is 1. The molecule has 0 unspecified atom stereocenters. The zero-order valence-corrected chi connectivity index (χ0v) is 14.4. The lowest BCUT2D eigenvalue weighted by molar-refractivity contribution is 0.420. The quantitative estimate of drug-likeness (QED) is 0.798. The van der Waals surface area contributed by atoms with Crippen LogP contribution in [0.15, 0.2) is 16.3 Å². The molecule has 0 bridgehead atoms. The van der Waals surface area contributed by atoms with E-state index in [9.17, 15) is 8.42 Å². The molecule has 4 nitrogen and oxygen atoms in total. The summed E-state index contributed by atoms with van der Waals surface area (Å²) in [4.78, 5) is 0.864. The molecule has 0 aromatic carbocycles. The van der Waals surface area contributed by atoms with Crippen LogP contribution in [0.4, 0.5) is 0 Å². The van der Waals surface area contributed by atoms with Gasteiger partial charge in [-0.3, -0.25) is 0 Å². The van der Waals surface area contributed by atoms with E-state index >= 15 is 0 Å². The van der Waals surface area contributed by atoms with Gasteiger partial charge in [-0.05, 0) is 44.1 Å². The molecule has 1 saturated carbocycles. The molecule has 1 aromatic rings. The minimum atomic E-state index is -3.45. The summed E-state index contributed by atoms with van der Waals surface area (Å²) in [5, 5.41) is 0.665. The Morgan fingerprint density at radius 2 is 2.05 bits per heavy atom. The van der Waals surface area contributed by atoms with Crippen molar-refractivity contribution in [3.8, 4) is 0 Å². The van der Waals surface area contributed by atoms with E-state index in [2.05, 4.69) is 11.0 Å². The molecule has 20 heavy (non-hydrogen) atoms. The van der Waals surface area contributed by atoms with Gasteiger partial charge in [0.1, 0.15) is 9.20 Å². The number of nitrogens with two attached hydrogens (primary N) is 1. The fraction of sp³-hybridized carbons (Fsp3) is 0.583. The third kappa shape index (κ3) is 3.94. The fourth-order valence-electron chi connectivity index (χ4n) is 2.29. The average Bonchev–Trinajstić information content (AvgIpc) is 2.90. The van der Waals surface area contributed by atoms with E-state index in [0.717, 1.165) is 37.0 Å². The van der Waals surface area contributed by atoms with Crippen molar-refractivity contribution in [1.82, 2.24) is 4.72 Å². The van der Waals surface area contributed by atoms with Gasteiger partial charge in [0.2, 0.25) is 10.0 Å². The van der Waals surface area contributed by atoms with Gasteiger partial charge in [-0.1, -0.05) is 12.2 Å². The molecule has 0 saturated heterocycles. The maximum Gasteiger partial charge on any atom is 0.250 e. The van der Waals surface area contributed by atoms with Crippen LogP contribution in [0, 0.1) is 0 Å². The van der Waals surface area contributed by atoms with Crippen molar-refractivity contribution in [2.75, 3.05) is 6.26 Å². The van der Waals surface area contributed by atoms with Crippen molar-refractivity contribution < 1.29 is 8.42 Å². The van der Waals surface area contributed by atoms with Crippen LogP contribution >= 0.6 is 35.3 Å². The Morgan fingerprint density at radius 1 is 1.40 bits per heavy atom. The Labute approximate surface area is 133 Å². The number of rotatable bonds is 5. The second kappa shape index (κ2) is 6.74. The van der Waals surface area contributed by atoms with Crippen molar-refractivity contribution >= 4 is 50.3 Å². The average molecular weight is 351 g/mol. The van der Waals surface area contributed by atoms with Crippen LogP contribution in [0.2, 0.25) is 0 Å². The Balaban J connectivity index is 2.02. The Hall–Kier alpha value is -0.150. The molecule has 0 aliphatic heterocycles. The van der Waals surface area contributed by atoms with E-state index in [4.69, 9.17) is 18.0 Å². The summed E-state index contributed by atoms with van der Waals surface area (Å²) >= 11 is 7.84. The first kappa shape index (κ1) is 16.2. The van der Waals surface area contributed by atoms with Gasteiger partial charge in [-0.25, -0.2) is 13.1 Å². The van der Waals surface area contributed by atoms with E-state index in [1.54, 1.807) is 12.1 Å². The van der Waals surface area contributed by atoms with Crippen LogP contribution in [0.5, 0.6) is 0 Å². The standard InChI is InChI=1S/C12H18N2O2S4/c1-18-9-4-2-8(3-5-9)14-20(15,16)11-7-6-10(19-11)12(13)17/h6-9,14H,2-5H2,1H3,(H2,13,17). The highest BCUT2D eigenvalue weighted by molar-refractivity contribution is 7.99. The second-order valence-corrected chi connectivity index (χ2v) is 9.42. The molecule has 0 amide bonds. The van der Waals surface area contributed by atoms with E-state index in [-0.39, 0.29) is 15.2 Å². The van der Waals surface area contributed by atoms with Crippen molar-refractivity contribution in [3.63, 3.8) is 0 Å². The maximum atomic E-state index is 12.3. The maximum absolute atomic E-state index is 12.3. The van der Waals surface area contributed by atoms with Crippen LogP contribution in [0.25, 0.3) is 0 Å². The first-order valence-electron chi connectivity index (χ1n) is 6.37. The third-order valence-corrected chi connectivity index (χ3v) is 8.04. The van der Waals surface area contributed by atoms with Crippen LogP contribution < -0.4 is 10.5 Å². The molecule has 8 heteroatoms. The molecule has 0 atom stereocenters. The molecule has 1 fully saturated rings. The molecular weight excluding hydrogens is 332 g/mol. The van der Waals surface area contributed by atoms with Crippen molar-refractivity contribution in [1.29, 1.82) is 0 Å². The van der Waals surface area contributed by atoms with Crippen LogP contribution in [-0.2, 0) is 10.0 Å². The Kier molecular flexibility index (Phi) is 5.47. The largest absolute Gasteiger partial charge is 0.389 e. The number of hydrogen-bond donors (Lipinski definition) is 2. The van der Waals surface area contributed by atoms with Crippen LogP contribution in [0.3, 0.4) is 0 Å². The van der Waals surface area contributed by atoms with Crippen LogP contribution in [0.1, 0.15) is 30.6 Å². The second-order valence-electron chi connectivity index (χ2n) is 4.81. The van der Waals surface area contributed by atoms with Gasteiger partial charge in [0.15, 0.2) is 0 Å². The SMILES string of the molecule is CSC1CCC(NS(=O)(=O)c2ccc(C(N)=S)s2)CC1. The molecule has 0 spiro atoms. The lowest BCUT2D eigenvalue weighted by atomic mass is 9.96.